The normalized spacial score (nSPS) is 15.8. The number of hydrogen-bond donors (Lipinski definition) is 0. The van der Waals surface area contributed by atoms with Gasteiger partial charge in [-0.3, -0.25) is 4.79 Å². The number of aromatic nitrogens is 2. The Morgan fingerprint density at radius 3 is 2.24 bits per heavy atom. The van der Waals surface area contributed by atoms with Crippen LogP contribution in [0.3, 0.4) is 0 Å². The van der Waals surface area contributed by atoms with Gasteiger partial charge in [0, 0.05) is 32.0 Å². The maximum absolute atomic E-state index is 13.5. The number of piperidine rings is 1. The average molecular weight is 482 g/mol. The Hall–Kier alpha value is -2.67. The number of carbonyl (C=O) groups is 1. The van der Waals surface area contributed by atoms with Crippen molar-refractivity contribution in [2.45, 2.75) is 76.1 Å². The van der Waals surface area contributed by atoms with Crippen LogP contribution in [0, 0.1) is 19.8 Å². The molecule has 2 aromatic carbocycles. The van der Waals surface area contributed by atoms with Crippen molar-refractivity contribution in [3.8, 4) is 0 Å². The Morgan fingerprint density at radius 2 is 1.68 bits per heavy atom. The van der Waals surface area contributed by atoms with Crippen molar-refractivity contribution in [1.82, 2.24) is 14.5 Å². The maximum atomic E-state index is 13.5. The molecule has 1 saturated heterocycles. The van der Waals surface area contributed by atoms with Gasteiger partial charge in [0.1, 0.15) is 5.82 Å². The van der Waals surface area contributed by atoms with Gasteiger partial charge in [0.2, 0.25) is 15.7 Å². The van der Waals surface area contributed by atoms with Gasteiger partial charge < -0.3 is 9.47 Å². The largest absolute Gasteiger partial charge is 0.343 e. The van der Waals surface area contributed by atoms with Crippen LogP contribution in [0.25, 0.3) is 11.0 Å². The van der Waals surface area contributed by atoms with Crippen LogP contribution < -0.4 is 0 Å². The predicted octanol–water partition coefficient (Wildman–Crippen LogP) is 5.04. The molecule has 3 aromatic rings. The molecular weight excluding hydrogens is 446 g/mol. The van der Waals surface area contributed by atoms with Crippen molar-refractivity contribution in [2.24, 2.45) is 5.92 Å². The van der Waals surface area contributed by atoms with Crippen molar-refractivity contribution in [2.75, 3.05) is 13.1 Å². The standard InChI is InChI=1S/C27H35N3O3S/c1-18-8-7-9-19(2)25(18)34(32,33)22-10-11-24-23(16-22)28-26(27(4,5)6)30(24)17-21-12-14-29(15-13-21)20(3)31/h7-11,16,21H,12-15,17H2,1-6H3. The molecule has 1 fully saturated rings. The number of rotatable bonds is 4. The van der Waals surface area contributed by atoms with Gasteiger partial charge in [-0.25, -0.2) is 13.4 Å². The van der Waals surface area contributed by atoms with Crippen LogP contribution in [0.5, 0.6) is 0 Å². The van der Waals surface area contributed by atoms with E-state index in [1.54, 1.807) is 19.1 Å². The molecular formula is C27H35N3O3S. The van der Waals surface area contributed by atoms with Crippen LogP contribution in [0.1, 0.15) is 57.5 Å². The lowest BCUT2D eigenvalue weighted by Crippen LogP contribution is -2.38. The first-order chi connectivity index (χ1) is 15.9. The molecule has 0 radical (unpaired) electrons. The Labute approximate surface area is 202 Å². The first-order valence-corrected chi connectivity index (χ1v) is 13.5. The van der Waals surface area contributed by atoms with E-state index in [1.807, 2.05) is 43.0 Å². The smallest absolute Gasteiger partial charge is 0.219 e. The van der Waals surface area contributed by atoms with Crippen molar-refractivity contribution < 1.29 is 13.2 Å². The summed E-state index contributed by atoms with van der Waals surface area (Å²) in [6.07, 6.45) is 1.92. The molecule has 2 heterocycles. The van der Waals surface area contributed by atoms with Crippen molar-refractivity contribution >= 4 is 26.8 Å². The lowest BCUT2D eigenvalue weighted by Gasteiger charge is -2.32. The minimum absolute atomic E-state index is 0.138. The lowest BCUT2D eigenvalue weighted by atomic mass is 9.93. The highest BCUT2D eigenvalue weighted by molar-refractivity contribution is 7.91. The Balaban J connectivity index is 1.74. The van der Waals surface area contributed by atoms with Gasteiger partial charge in [-0.15, -0.1) is 0 Å². The fourth-order valence-corrected chi connectivity index (χ4v) is 6.80. The molecule has 1 aliphatic rings. The number of nitrogens with zero attached hydrogens (tertiary/aromatic N) is 3. The monoisotopic (exact) mass is 481 g/mol. The summed E-state index contributed by atoms with van der Waals surface area (Å²) in [4.78, 5) is 19.2. The van der Waals surface area contributed by atoms with E-state index in [-0.39, 0.29) is 16.2 Å². The minimum Gasteiger partial charge on any atom is -0.343 e. The van der Waals surface area contributed by atoms with E-state index in [0.717, 1.165) is 54.9 Å². The quantitative estimate of drug-likeness (QED) is 0.523. The van der Waals surface area contributed by atoms with Crippen LogP contribution in [-0.4, -0.2) is 41.9 Å². The summed E-state index contributed by atoms with van der Waals surface area (Å²) in [5, 5.41) is 0. The van der Waals surface area contributed by atoms with Gasteiger partial charge in [-0.05, 0) is 61.9 Å². The zero-order valence-corrected chi connectivity index (χ0v) is 21.9. The van der Waals surface area contributed by atoms with Gasteiger partial charge in [0.25, 0.3) is 0 Å². The van der Waals surface area contributed by atoms with E-state index < -0.39 is 9.84 Å². The fraction of sp³-hybridized carbons (Fsp3) is 0.481. The summed E-state index contributed by atoms with van der Waals surface area (Å²) in [6, 6.07) is 10.9. The van der Waals surface area contributed by atoms with E-state index >= 15 is 0 Å². The number of amides is 1. The lowest BCUT2D eigenvalue weighted by molar-refractivity contribution is -0.130. The highest BCUT2D eigenvalue weighted by Crippen LogP contribution is 2.33. The number of aryl methyl sites for hydroxylation is 2. The molecule has 1 amide bonds. The highest BCUT2D eigenvalue weighted by Gasteiger charge is 2.28. The highest BCUT2D eigenvalue weighted by atomic mass is 32.2. The first kappa shape index (κ1) is 24.5. The zero-order valence-electron chi connectivity index (χ0n) is 21.1. The van der Waals surface area contributed by atoms with Crippen LogP contribution in [-0.2, 0) is 26.6 Å². The van der Waals surface area contributed by atoms with E-state index in [9.17, 15) is 13.2 Å². The summed E-state index contributed by atoms with van der Waals surface area (Å²) in [5.41, 5.74) is 2.97. The number of likely N-dealkylation sites (tertiary alicyclic amines) is 1. The number of carbonyl (C=O) groups excluding carboxylic acids is 1. The first-order valence-electron chi connectivity index (χ1n) is 12.0. The molecule has 0 bridgehead atoms. The van der Waals surface area contributed by atoms with E-state index in [0.29, 0.717) is 16.3 Å². The van der Waals surface area contributed by atoms with E-state index in [2.05, 4.69) is 25.3 Å². The maximum Gasteiger partial charge on any atom is 0.219 e. The number of fused-ring (bicyclic) bond motifs is 1. The number of benzene rings is 2. The van der Waals surface area contributed by atoms with Gasteiger partial charge in [-0.1, -0.05) is 39.0 Å². The van der Waals surface area contributed by atoms with Gasteiger partial charge in [0.05, 0.1) is 20.8 Å². The number of hydrogen-bond acceptors (Lipinski definition) is 4. The molecule has 182 valence electrons. The summed E-state index contributed by atoms with van der Waals surface area (Å²) in [7, 11) is -3.66. The summed E-state index contributed by atoms with van der Waals surface area (Å²) in [6.45, 7) is 14.1. The van der Waals surface area contributed by atoms with E-state index in [4.69, 9.17) is 4.98 Å². The van der Waals surface area contributed by atoms with Gasteiger partial charge in [0.15, 0.2) is 0 Å². The second kappa shape index (κ2) is 8.84. The molecule has 4 rings (SSSR count). The van der Waals surface area contributed by atoms with Crippen LogP contribution in [0.15, 0.2) is 46.2 Å². The van der Waals surface area contributed by atoms with Crippen LogP contribution >= 0.6 is 0 Å². The fourth-order valence-electron chi connectivity index (χ4n) is 5.06. The molecule has 7 heteroatoms. The third kappa shape index (κ3) is 4.50. The van der Waals surface area contributed by atoms with Crippen LogP contribution in [0.2, 0.25) is 0 Å². The summed E-state index contributed by atoms with van der Waals surface area (Å²) >= 11 is 0. The zero-order chi connectivity index (χ0) is 24.8. The minimum atomic E-state index is -3.66. The molecule has 0 N–H and O–H groups in total. The molecule has 0 unspecified atom stereocenters. The number of imidazole rings is 1. The molecule has 1 aromatic heterocycles. The predicted molar refractivity (Wildman–Crippen MR) is 135 cm³/mol. The Morgan fingerprint density at radius 1 is 1.06 bits per heavy atom. The second-order valence-corrected chi connectivity index (χ2v) is 12.5. The van der Waals surface area contributed by atoms with E-state index in [1.165, 1.54) is 0 Å². The van der Waals surface area contributed by atoms with Gasteiger partial charge >= 0.3 is 0 Å². The summed E-state index contributed by atoms with van der Waals surface area (Å²) in [5.74, 6) is 1.55. The third-order valence-corrected chi connectivity index (χ3v) is 8.93. The van der Waals surface area contributed by atoms with Crippen molar-refractivity contribution in [3.05, 3.63) is 53.3 Å². The molecule has 6 nitrogen and oxygen atoms in total. The number of sulfone groups is 1. The average Bonchev–Trinajstić information content (AvgIpc) is 3.12. The van der Waals surface area contributed by atoms with Crippen molar-refractivity contribution in [1.29, 1.82) is 0 Å². The third-order valence-electron chi connectivity index (χ3n) is 6.88. The topological polar surface area (TPSA) is 72.3 Å². The molecule has 34 heavy (non-hydrogen) atoms. The Bertz CT molecular complexity index is 1320. The molecule has 1 aliphatic heterocycles. The summed E-state index contributed by atoms with van der Waals surface area (Å²) < 4.78 is 29.4. The SMILES string of the molecule is CC(=O)N1CCC(Cn2c(C(C)(C)C)nc3cc(S(=O)(=O)c4c(C)cccc4C)ccc32)CC1. The molecule has 0 saturated carbocycles. The van der Waals surface area contributed by atoms with Crippen molar-refractivity contribution in [3.63, 3.8) is 0 Å². The Kier molecular flexibility index (Phi) is 6.36. The molecule has 0 aliphatic carbocycles. The molecule has 0 spiro atoms. The van der Waals surface area contributed by atoms with Crippen LogP contribution in [0.4, 0.5) is 0 Å². The molecule has 0 atom stereocenters. The second-order valence-electron chi connectivity index (χ2n) is 10.6. The van der Waals surface area contributed by atoms with Gasteiger partial charge in [-0.2, -0.15) is 0 Å².